The highest BCUT2D eigenvalue weighted by molar-refractivity contribution is 6.05. The third kappa shape index (κ3) is 2.96. The molecule has 1 amide bonds. The molecule has 0 aromatic heterocycles. The molecule has 4 heteroatoms. The van der Waals surface area contributed by atoms with E-state index in [9.17, 15) is 9.18 Å². The molecule has 0 aliphatic carbocycles. The Morgan fingerprint density at radius 2 is 2.00 bits per heavy atom. The predicted octanol–water partition coefficient (Wildman–Crippen LogP) is 3.26. The molecule has 0 bridgehead atoms. The Balaban J connectivity index is 2.29. The normalized spacial score (nSPS) is 9.74. The standard InChI is InChI=1S/C15H11FN2O/c1-10-6-12(8-13(16)7-10)15(19)18-14-5-3-2-4-11(14)9-17/h2-8H,1H3,(H,18,19). The molecule has 1 N–H and O–H groups in total. The van der Waals surface area contributed by atoms with Crippen LogP contribution in [0.15, 0.2) is 42.5 Å². The second-order valence-corrected chi connectivity index (χ2v) is 4.13. The second-order valence-electron chi connectivity index (χ2n) is 4.13. The van der Waals surface area contributed by atoms with Crippen LogP contribution >= 0.6 is 0 Å². The average molecular weight is 254 g/mol. The van der Waals surface area contributed by atoms with Gasteiger partial charge in [0.2, 0.25) is 0 Å². The smallest absolute Gasteiger partial charge is 0.255 e. The molecule has 0 saturated heterocycles. The fourth-order valence-electron chi connectivity index (χ4n) is 1.75. The Kier molecular flexibility index (Phi) is 3.58. The number of hydrogen-bond donors (Lipinski definition) is 1. The van der Waals surface area contributed by atoms with Crippen molar-refractivity contribution in [3.63, 3.8) is 0 Å². The van der Waals surface area contributed by atoms with Crippen LogP contribution in [0.5, 0.6) is 0 Å². The number of aryl methyl sites for hydroxylation is 1. The summed E-state index contributed by atoms with van der Waals surface area (Å²) in [4.78, 5) is 12.0. The third-order valence-electron chi connectivity index (χ3n) is 2.60. The van der Waals surface area contributed by atoms with Crippen molar-refractivity contribution in [3.05, 3.63) is 65.0 Å². The van der Waals surface area contributed by atoms with E-state index in [-0.39, 0.29) is 5.56 Å². The van der Waals surface area contributed by atoms with E-state index in [1.165, 1.54) is 6.07 Å². The highest BCUT2D eigenvalue weighted by atomic mass is 19.1. The lowest BCUT2D eigenvalue weighted by molar-refractivity contribution is 0.102. The van der Waals surface area contributed by atoms with Crippen molar-refractivity contribution in [3.8, 4) is 6.07 Å². The molecule has 2 aromatic rings. The Morgan fingerprint density at radius 1 is 1.26 bits per heavy atom. The predicted molar refractivity (Wildman–Crippen MR) is 70.2 cm³/mol. The number of nitrogens with one attached hydrogen (secondary N) is 1. The van der Waals surface area contributed by atoms with Gasteiger partial charge in [-0.3, -0.25) is 4.79 Å². The zero-order valence-electron chi connectivity index (χ0n) is 10.3. The van der Waals surface area contributed by atoms with Gasteiger partial charge >= 0.3 is 0 Å². The summed E-state index contributed by atoms with van der Waals surface area (Å²) in [6, 6.07) is 12.7. The van der Waals surface area contributed by atoms with Gasteiger partial charge in [-0.25, -0.2) is 4.39 Å². The summed E-state index contributed by atoms with van der Waals surface area (Å²) in [5.41, 5.74) is 1.67. The molecule has 0 fully saturated rings. The van der Waals surface area contributed by atoms with E-state index in [0.29, 0.717) is 16.8 Å². The summed E-state index contributed by atoms with van der Waals surface area (Å²) in [5.74, 6) is -0.899. The number of carbonyl (C=O) groups is 1. The maximum atomic E-state index is 13.2. The number of nitriles is 1. The van der Waals surface area contributed by atoms with Crippen LogP contribution in [0.3, 0.4) is 0 Å². The van der Waals surface area contributed by atoms with Crippen molar-refractivity contribution in [1.82, 2.24) is 0 Å². The number of nitrogens with zero attached hydrogens (tertiary/aromatic N) is 1. The third-order valence-corrected chi connectivity index (χ3v) is 2.60. The van der Waals surface area contributed by atoms with Gasteiger partial charge in [-0.2, -0.15) is 5.26 Å². The lowest BCUT2D eigenvalue weighted by atomic mass is 10.1. The van der Waals surface area contributed by atoms with Gasteiger partial charge in [0.05, 0.1) is 11.3 Å². The fraction of sp³-hybridized carbons (Fsp3) is 0.0667. The number of benzene rings is 2. The van der Waals surface area contributed by atoms with Crippen LogP contribution in [0.25, 0.3) is 0 Å². The van der Waals surface area contributed by atoms with E-state index < -0.39 is 11.7 Å². The van der Waals surface area contributed by atoms with Crippen LogP contribution in [0.1, 0.15) is 21.5 Å². The molecular weight excluding hydrogens is 243 g/mol. The molecule has 3 nitrogen and oxygen atoms in total. The van der Waals surface area contributed by atoms with Crippen molar-refractivity contribution in [2.24, 2.45) is 0 Å². The highest BCUT2D eigenvalue weighted by Crippen LogP contribution is 2.16. The molecule has 0 spiro atoms. The van der Waals surface area contributed by atoms with Crippen LogP contribution in [0.2, 0.25) is 0 Å². The minimum Gasteiger partial charge on any atom is -0.321 e. The molecule has 0 heterocycles. The zero-order chi connectivity index (χ0) is 13.8. The van der Waals surface area contributed by atoms with Crippen LogP contribution in [0, 0.1) is 24.1 Å². The number of carbonyl (C=O) groups excluding carboxylic acids is 1. The van der Waals surface area contributed by atoms with Crippen molar-refractivity contribution >= 4 is 11.6 Å². The van der Waals surface area contributed by atoms with Crippen molar-refractivity contribution in [2.75, 3.05) is 5.32 Å². The van der Waals surface area contributed by atoms with Crippen LogP contribution in [-0.2, 0) is 0 Å². The lowest BCUT2D eigenvalue weighted by Crippen LogP contribution is -2.13. The topological polar surface area (TPSA) is 52.9 Å². The van der Waals surface area contributed by atoms with E-state index >= 15 is 0 Å². The Hall–Kier alpha value is -2.67. The number of anilines is 1. The summed E-state index contributed by atoms with van der Waals surface area (Å²) in [5, 5.41) is 11.5. The maximum absolute atomic E-state index is 13.2. The lowest BCUT2D eigenvalue weighted by Gasteiger charge is -2.07. The van der Waals surface area contributed by atoms with Gasteiger partial charge in [-0.05, 0) is 42.8 Å². The second kappa shape index (κ2) is 5.32. The largest absolute Gasteiger partial charge is 0.321 e. The van der Waals surface area contributed by atoms with Crippen LogP contribution < -0.4 is 5.32 Å². The van der Waals surface area contributed by atoms with E-state index in [2.05, 4.69) is 5.32 Å². The summed E-state index contributed by atoms with van der Waals surface area (Å²) in [7, 11) is 0. The van der Waals surface area contributed by atoms with Crippen LogP contribution in [-0.4, -0.2) is 5.91 Å². The monoisotopic (exact) mass is 254 g/mol. The quantitative estimate of drug-likeness (QED) is 0.894. The SMILES string of the molecule is Cc1cc(F)cc(C(=O)Nc2ccccc2C#N)c1. The number of rotatable bonds is 2. The molecule has 0 atom stereocenters. The molecule has 0 saturated carbocycles. The van der Waals surface area contributed by atoms with Crippen LogP contribution in [0.4, 0.5) is 10.1 Å². The van der Waals surface area contributed by atoms with E-state index in [0.717, 1.165) is 6.07 Å². The fourth-order valence-corrected chi connectivity index (χ4v) is 1.75. The Morgan fingerprint density at radius 3 is 2.68 bits per heavy atom. The number of amides is 1. The summed E-state index contributed by atoms with van der Waals surface area (Å²) in [6.45, 7) is 1.71. The van der Waals surface area contributed by atoms with Gasteiger partial charge in [0.25, 0.3) is 5.91 Å². The Bertz CT molecular complexity index is 654. The molecule has 0 aliphatic heterocycles. The van der Waals surface area contributed by atoms with Crippen molar-refractivity contribution < 1.29 is 9.18 Å². The number of para-hydroxylation sites is 1. The van der Waals surface area contributed by atoms with Gasteiger partial charge in [0.15, 0.2) is 0 Å². The van der Waals surface area contributed by atoms with Gasteiger partial charge in [0, 0.05) is 5.56 Å². The summed E-state index contributed by atoms with van der Waals surface area (Å²) in [6.07, 6.45) is 0. The molecule has 0 radical (unpaired) electrons. The summed E-state index contributed by atoms with van der Waals surface area (Å²) >= 11 is 0. The van der Waals surface area contributed by atoms with E-state index in [4.69, 9.17) is 5.26 Å². The minimum atomic E-state index is -0.460. The first-order valence-corrected chi connectivity index (χ1v) is 5.68. The maximum Gasteiger partial charge on any atom is 0.255 e. The minimum absolute atomic E-state index is 0.227. The molecule has 94 valence electrons. The first kappa shape index (κ1) is 12.8. The van der Waals surface area contributed by atoms with Crippen molar-refractivity contribution in [1.29, 1.82) is 5.26 Å². The Labute approximate surface area is 110 Å². The highest BCUT2D eigenvalue weighted by Gasteiger charge is 2.10. The first-order chi connectivity index (χ1) is 9.10. The average Bonchev–Trinajstić information content (AvgIpc) is 2.38. The van der Waals surface area contributed by atoms with Gasteiger partial charge in [-0.1, -0.05) is 12.1 Å². The number of halogens is 1. The molecule has 19 heavy (non-hydrogen) atoms. The first-order valence-electron chi connectivity index (χ1n) is 5.68. The molecule has 0 aliphatic rings. The van der Waals surface area contributed by atoms with Crippen molar-refractivity contribution in [2.45, 2.75) is 6.92 Å². The molecular formula is C15H11FN2O. The van der Waals surface area contributed by atoms with E-state index in [1.807, 2.05) is 6.07 Å². The number of hydrogen-bond acceptors (Lipinski definition) is 2. The zero-order valence-corrected chi connectivity index (χ0v) is 10.3. The van der Waals surface area contributed by atoms with Gasteiger partial charge in [0.1, 0.15) is 11.9 Å². The molecule has 2 aromatic carbocycles. The van der Waals surface area contributed by atoms with Gasteiger partial charge in [-0.15, -0.1) is 0 Å². The van der Waals surface area contributed by atoms with Gasteiger partial charge < -0.3 is 5.32 Å². The molecule has 0 unspecified atom stereocenters. The molecule has 2 rings (SSSR count). The summed E-state index contributed by atoms with van der Waals surface area (Å²) < 4.78 is 13.2. The van der Waals surface area contributed by atoms with E-state index in [1.54, 1.807) is 37.3 Å².